The normalized spacial score (nSPS) is 16.0. The summed E-state index contributed by atoms with van der Waals surface area (Å²) in [5.41, 5.74) is 1.11. The monoisotopic (exact) mass is 330 g/mol. The molecule has 1 aliphatic rings. The number of carbonyl (C=O) groups excluding carboxylic acids is 1. The van der Waals surface area contributed by atoms with E-state index in [9.17, 15) is 4.79 Å². The Labute approximate surface area is 143 Å². The van der Waals surface area contributed by atoms with Gasteiger partial charge in [0.15, 0.2) is 0 Å². The predicted octanol–water partition coefficient (Wildman–Crippen LogP) is 3.86. The molecule has 5 nitrogen and oxygen atoms in total. The van der Waals surface area contributed by atoms with E-state index in [2.05, 4.69) is 30.2 Å². The van der Waals surface area contributed by atoms with Crippen LogP contribution in [0.15, 0.2) is 24.3 Å². The molecule has 5 heteroatoms. The summed E-state index contributed by atoms with van der Waals surface area (Å²) in [6, 6.07) is 8.09. The number of amides is 1. The van der Waals surface area contributed by atoms with Gasteiger partial charge in [0.05, 0.1) is 6.61 Å². The molecule has 0 bridgehead atoms. The average Bonchev–Trinajstić information content (AvgIpc) is 2.59. The fraction of sp³-hybridized carbons (Fsp3) is 0.474. The number of aliphatic hydroxyl groups is 1. The Hall–Kier alpha value is -2.14. The number of carbonyl (C=O) groups is 1. The molecule has 1 amide bonds. The Morgan fingerprint density at radius 1 is 1.25 bits per heavy atom. The van der Waals surface area contributed by atoms with Crippen molar-refractivity contribution in [2.45, 2.75) is 46.0 Å². The quantitative estimate of drug-likeness (QED) is 0.893. The molecular formula is C19H26N2O3. The highest BCUT2D eigenvalue weighted by Crippen LogP contribution is 2.39. The van der Waals surface area contributed by atoms with Crippen LogP contribution in [-0.2, 0) is 4.79 Å². The molecule has 3 rings (SSSR count). The van der Waals surface area contributed by atoms with Crippen LogP contribution in [-0.4, -0.2) is 29.2 Å². The molecule has 130 valence electrons. The molecule has 0 aliphatic carbocycles. The zero-order chi connectivity index (χ0) is 17.5. The van der Waals surface area contributed by atoms with E-state index >= 15 is 0 Å². The van der Waals surface area contributed by atoms with Crippen molar-refractivity contribution in [3.05, 3.63) is 29.8 Å². The van der Waals surface area contributed by atoms with Crippen molar-refractivity contribution in [1.82, 2.24) is 4.98 Å². The first-order valence-corrected chi connectivity index (χ1v) is 8.58. The summed E-state index contributed by atoms with van der Waals surface area (Å²) in [5, 5.41) is 12.9. The van der Waals surface area contributed by atoms with Crippen molar-refractivity contribution in [2.24, 2.45) is 0 Å². The minimum absolute atomic E-state index is 0.0224. The molecule has 1 aromatic carbocycles. The zero-order valence-electron chi connectivity index (χ0n) is 14.6. The third-order valence-electron chi connectivity index (χ3n) is 3.82. The molecule has 0 fully saturated rings. The van der Waals surface area contributed by atoms with Crippen LogP contribution in [0, 0.1) is 0 Å². The minimum Gasteiger partial charge on any atom is -0.477 e. The number of ether oxygens (including phenoxy) is 1. The van der Waals surface area contributed by atoms with Crippen molar-refractivity contribution < 1.29 is 14.6 Å². The maximum atomic E-state index is 11.7. The summed E-state index contributed by atoms with van der Waals surface area (Å²) in [6.45, 7) is 7.00. The highest BCUT2D eigenvalue weighted by Gasteiger charge is 2.26. The topological polar surface area (TPSA) is 71.5 Å². The third kappa shape index (κ3) is 4.03. The van der Waals surface area contributed by atoms with Gasteiger partial charge in [-0.1, -0.05) is 39.0 Å². The Kier molecular flexibility index (Phi) is 6.55. The molecule has 2 aromatic rings. The summed E-state index contributed by atoms with van der Waals surface area (Å²) in [5.74, 6) is 1.46. The SMILES string of the molecule is CCCO.CCCOc1nc2c(c3ccccc13)C(C)CC(=O)N2. The van der Waals surface area contributed by atoms with Gasteiger partial charge in [0.1, 0.15) is 5.82 Å². The smallest absolute Gasteiger partial charge is 0.226 e. The minimum atomic E-state index is 0.0224. The standard InChI is InChI=1S/C16H18N2O2.C3H8O/c1-3-8-20-16-12-7-5-4-6-11(12)14-10(2)9-13(19)17-15(14)18-16;1-2-3-4/h4-7,10H,3,8-9H2,1-2H3,(H,17,18,19);4H,2-3H2,1H3. The predicted molar refractivity (Wildman–Crippen MR) is 96.6 cm³/mol. The molecular weight excluding hydrogens is 304 g/mol. The number of aliphatic hydroxyl groups excluding tert-OH is 1. The van der Waals surface area contributed by atoms with E-state index in [1.165, 1.54) is 0 Å². The second kappa shape index (κ2) is 8.64. The van der Waals surface area contributed by atoms with Crippen molar-refractivity contribution in [3.63, 3.8) is 0 Å². The number of benzene rings is 1. The molecule has 0 saturated heterocycles. The number of fused-ring (bicyclic) bond motifs is 3. The van der Waals surface area contributed by atoms with Gasteiger partial charge in [-0.2, -0.15) is 4.98 Å². The van der Waals surface area contributed by atoms with Crippen LogP contribution in [0.1, 0.15) is 51.5 Å². The number of pyridine rings is 1. The maximum Gasteiger partial charge on any atom is 0.226 e. The van der Waals surface area contributed by atoms with Crippen LogP contribution < -0.4 is 10.1 Å². The first-order valence-electron chi connectivity index (χ1n) is 8.58. The van der Waals surface area contributed by atoms with Crippen LogP contribution >= 0.6 is 0 Å². The van der Waals surface area contributed by atoms with Crippen molar-refractivity contribution in [1.29, 1.82) is 0 Å². The number of nitrogens with zero attached hydrogens (tertiary/aromatic N) is 1. The van der Waals surface area contributed by atoms with Crippen LogP contribution in [0.25, 0.3) is 10.8 Å². The molecule has 1 aromatic heterocycles. The Bertz CT molecular complexity index is 698. The number of aromatic nitrogens is 1. The lowest BCUT2D eigenvalue weighted by Crippen LogP contribution is -2.23. The maximum absolute atomic E-state index is 11.7. The summed E-state index contributed by atoms with van der Waals surface area (Å²) in [6.07, 6.45) is 2.31. The number of hydrogen-bond acceptors (Lipinski definition) is 4. The summed E-state index contributed by atoms with van der Waals surface area (Å²) in [4.78, 5) is 16.2. The molecule has 24 heavy (non-hydrogen) atoms. The lowest BCUT2D eigenvalue weighted by atomic mass is 9.90. The highest BCUT2D eigenvalue weighted by molar-refractivity contribution is 6.01. The summed E-state index contributed by atoms with van der Waals surface area (Å²) < 4.78 is 5.74. The van der Waals surface area contributed by atoms with Crippen LogP contribution in [0.5, 0.6) is 5.88 Å². The lowest BCUT2D eigenvalue weighted by Gasteiger charge is -2.24. The first-order chi connectivity index (χ1) is 11.6. The van der Waals surface area contributed by atoms with Gasteiger partial charge in [-0.25, -0.2) is 0 Å². The van der Waals surface area contributed by atoms with Gasteiger partial charge in [-0.05, 0) is 30.2 Å². The van der Waals surface area contributed by atoms with E-state index in [-0.39, 0.29) is 11.8 Å². The second-order valence-corrected chi connectivity index (χ2v) is 5.95. The number of rotatable bonds is 4. The van der Waals surface area contributed by atoms with E-state index < -0.39 is 0 Å². The molecule has 2 heterocycles. The van der Waals surface area contributed by atoms with Crippen LogP contribution in [0.4, 0.5) is 5.82 Å². The third-order valence-corrected chi connectivity index (χ3v) is 3.82. The molecule has 0 saturated carbocycles. The summed E-state index contributed by atoms with van der Waals surface area (Å²) >= 11 is 0. The fourth-order valence-corrected chi connectivity index (χ4v) is 2.72. The highest BCUT2D eigenvalue weighted by atomic mass is 16.5. The Balaban J connectivity index is 0.000000471. The Morgan fingerprint density at radius 3 is 2.54 bits per heavy atom. The van der Waals surface area contributed by atoms with Gasteiger partial charge in [0.2, 0.25) is 11.8 Å². The van der Waals surface area contributed by atoms with E-state index in [0.717, 1.165) is 29.2 Å². The van der Waals surface area contributed by atoms with Gasteiger partial charge in [-0.3, -0.25) is 4.79 Å². The van der Waals surface area contributed by atoms with Crippen LogP contribution in [0.2, 0.25) is 0 Å². The molecule has 0 radical (unpaired) electrons. The van der Waals surface area contributed by atoms with Gasteiger partial charge in [0.25, 0.3) is 0 Å². The Morgan fingerprint density at radius 2 is 1.92 bits per heavy atom. The van der Waals surface area contributed by atoms with Gasteiger partial charge >= 0.3 is 0 Å². The van der Waals surface area contributed by atoms with Gasteiger partial charge < -0.3 is 15.2 Å². The molecule has 1 unspecified atom stereocenters. The van der Waals surface area contributed by atoms with Gasteiger partial charge in [0, 0.05) is 24.0 Å². The van der Waals surface area contributed by atoms with E-state index in [0.29, 0.717) is 31.3 Å². The van der Waals surface area contributed by atoms with E-state index in [1.807, 2.05) is 25.1 Å². The molecule has 1 aliphatic heterocycles. The van der Waals surface area contributed by atoms with Crippen molar-refractivity contribution >= 4 is 22.5 Å². The zero-order valence-corrected chi connectivity index (χ0v) is 14.6. The molecule has 1 atom stereocenters. The second-order valence-electron chi connectivity index (χ2n) is 5.95. The van der Waals surface area contributed by atoms with E-state index in [4.69, 9.17) is 9.84 Å². The van der Waals surface area contributed by atoms with E-state index in [1.54, 1.807) is 0 Å². The number of hydrogen-bond donors (Lipinski definition) is 2. The summed E-state index contributed by atoms with van der Waals surface area (Å²) in [7, 11) is 0. The van der Waals surface area contributed by atoms with Crippen molar-refractivity contribution in [3.8, 4) is 5.88 Å². The fourth-order valence-electron chi connectivity index (χ4n) is 2.72. The largest absolute Gasteiger partial charge is 0.477 e. The molecule has 0 spiro atoms. The van der Waals surface area contributed by atoms with Crippen molar-refractivity contribution in [2.75, 3.05) is 18.5 Å². The number of nitrogens with one attached hydrogen (secondary N) is 1. The molecule has 2 N–H and O–H groups in total. The number of anilines is 1. The average molecular weight is 330 g/mol. The first kappa shape index (κ1) is 18.2. The van der Waals surface area contributed by atoms with Gasteiger partial charge in [-0.15, -0.1) is 0 Å². The lowest BCUT2D eigenvalue weighted by molar-refractivity contribution is -0.116. The van der Waals surface area contributed by atoms with Crippen LogP contribution in [0.3, 0.4) is 0 Å².